The summed E-state index contributed by atoms with van der Waals surface area (Å²) in [6, 6.07) is 2.97. The van der Waals surface area contributed by atoms with Gasteiger partial charge in [0.1, 0.15) is 0 Å². The molecule has 0 fully saturated rings. The third-order valence-electron chi connectivity index (χ3n) is 4.36. The molecule has 1 radical (unpaired) electrons. The number of nitrogens with zero attached hydrogens (tertiary/aromatic N) is 1. The maximum absolute atomic E-state index is 13.4. The number of amides is 2. The number of hydrogen-bond donors (Lipinski definition) is 3. The van der Waals surface area contributed by atoms with E-state index in [1.54, 1.807) is 11.4 Å². The van der Waals surface area contributed by atoms with Gasteiger partial charge in [-0.1, -0.05) is 0 Å². The molecule has 6 nitrogen and oxygen atoms in total. The normalized spacial score (nSPS) is 12.0. The van der Waals surface area contributed by atoms with Crippen LogP contribution in [0.25, 0.3) is 0 Å². The van der Waals surface area contributed by atoms with E-state index in [4.69, 9.17) is 12.7 Å². The van der Waals surface area contributed by atoms with Crippen molar-refractivity contribution in [1.82, 2.24) is 10.3 Å². The third-order valence-corrected chi connectivity index (χ3v) is 4.36. The van der Waals surface area contributed by atoms with Crippen LogP contribution in [0.4, 0.5) is 23.2 Å². The number of benzene rings is 1. The van der Waals surface area contributed by atoms with Gasteiger partial charge in [0.15, 0.2) is 0 Å². The van der Waals surface area contributed by atoms with Crippen molar-refractivity contribution in [3.8, 4) is 6.07 Å². The predicted octanol–water partition coefficient (Wildman–Crippen LogP) is 2.65. The first-order valence-corrected chi connectivity index (χ1v) is 8.57. The summed E-state index contributed by atoms with van der Waals surface area (Å²) in [5.74, 6) is -2.53. The van der Waals surface area contributed by atoms with E-state index in [0.717, 1.165) is 19.1 Å². The number of carbonyl (C=O) groups is 2. The molecule has 2 aromatic rings. The van der Waals surface area contributed by atoms with Gasteiger partial charge in [-0.05, 0) is 0 Å². The minimum atomic E-state index is -4.64. The van der Waals surface area contributed by atoms with Gasteiger partial charge in [-0.3, -0.25) is 0 Å². The molecule has 2 amide bonds. The number of hydrogen-bond acceptors (Lipinski definition) is 3. The summed E-state index contributed by atoms with van der Waals surface area (Å²) in [7, 11) is 5.72. The number of H-pyrrole nitrogens is 1. The maximum atomic E-state index is 13.4. The van der Waals surface area contributed by atoms with E-state index in [-0.39, 0.29) is 28.1 Å². The Morgan fingerprint density at radius 1 is 1.27 bits per heavy atom. The standard InChI is InChI=1S/C19H16BF4N4O2/c1-8-14(17(29)28-12-4-5-13(21)11(6-12)7-25)9(2)26-16(8)15(20)18(30)27-10(3)19(22,23)24/h4-6,10,26H,1-3H3,(H,27,30)(H,28,29)/t10-/m0/s1. The van der Waals surface area contributed by atoms with Crippen molar-refractivity contribution in [3.05, 3.63) is 52.1 Å². The van der Waals surface area contributed by atoms with Crippen LogP contribution in [0.15, 0.2) is 18.2 Å². The van der Waals surface area contributed by atoms with Crippen LogP contribution in [-0.2, 0) is 4.79 Å². The van der Waals surface area contributed by atoms with Crippen LogP contribution in [0.1, 0.15) is 39.8 Å². The van der Waals surface area contributed by atoms with Crippen molar-refractivity contribution >= 4 is 30.5 Å². The number of anilines is 1. The summed E-state index contributed by atoms with van der Waals surface area (Å²) in [6.45, 7) is 3.75. The molecule has 1 heterocycles. The molecular formula is C19H16BF4N4O2. The molecule has 0 bridgehead atoms. The zero-order valence-corrected chi connectivity index (χ0v) is 16.2. The fourth-order valence-electron chi connectivity index (χ4n) is 2.71. The van der Waals surface area contributed by atoms with Crippen LogP contribution in [0.5, 0.6) is 0 Å². The van der Waals surface area contributed by atoms with Gasteiger partial charge in [-0.25, -0.2) is 0 Å². The van der Waals surface area contributed by atoms with E-state index in [2.05, 4.69) is 10.3 Å². The van der Waals surface area contributed by atoms with E-state index in [9.17, 15) is 27.2 Å². The molecule has 30 heavy (non-hydrogen) atoms. The van der Waals surface area contributed by atoms with Gasteiger partial charge in [0.2, 0.25) is 0 Å². The monoisotopic (exact) mass is 419 g/mol. The van der Waals surface area contributed by atoms with Crippen molar-refractivity contribution < 1.29 is 27.2 Å². The Kier molecular flexibility index (Phi) is 6.50. The number of aromatic amines is 1. The summed E-state index contributed by atoms with van der Waals surface area (Å²) in [6.07, 6.45) is -4.64. The second-order valence-electron chi connectivity index (χ2n) is 6.54. The topological polar surface area (TPSA) is 97.8 Å². The van der Waals surface area contributed by atoms with E-state index < -0.39 is 35.3 Å². The van der Waals surface area contributed by atoms with E-state index in [0.29, 0.717) is 5.69 Å². The van der Waals surface area contributed by atoms with Crippen LogP contribution < -0.4 is 10.6 Å². The van der Waals surface area contributed by atoms with Crippen molar-refractivity contribution in [3.63, 3.8) is 0 Å². The Morgan fingerprint density at radius 3 is 2.47 bits per heavy atom. The van der Waals surface area contributed by atoms with E-state index >= 15 is 0 Å². The minimum absolute atomic E-state index is 0.00124. The van der Waals surface area contributed by atoms with Gasteiger partial charge in [0.25, 0.3) is 0 Å². The molecule has 0 saturated heterocycles. The Morgan fingerprint density at radius 2 is 1.90 bits per heavy atom. The van der Waals surface area contributed by atoms with E-state index in [1.807, 2.05) is 0 Å². The summed E-state index contributed by atoms with van der Waals surface area (Å²) in [5.41, 5.74) is 0.0347. The molecule has 155 valence electrons. The molecule has 2 rings (SSSR count). The average molecular weight is 419 g/mol. The summed E-state index contributed by atoms with van der Waals surface area (Å²) in [4.78, 5) is 27.5. The molecule has 1 aromatic heterocycles. The number of aromatic nitrogens is 1. The van der Waals surface area contributed by atoms with Crippen LogP contribution in [0.3, 0.4) is 0 Å². The molecule has 1 aromatic carbocycles. The second kappa shape index (κ2) is 8.53. The fraction of sp³-hybridized carbons (Fsp3) is 0.263. The number of carbonyl (C=O) groups excluding carboxylic acids is 2. The SMILES string of the molecule is [B]=C(C(=O)N[C@@H](C)C(F)(F)F)c1[nH]c(C)c(C(=O)Nc2ccc(F)c(C#N)c2)c1C. The zero-order valence-electron chi connectivity index (χ0n) is 16.2. The van der Waals surface area contributed by atoms with Gasteiger partial charge >= 0.3 is 170 Å². The Bertz CT molecular complexity index is 1070. The molecule has 3 N–H and O–H groups in total. The first-order chi connectivity index (χ1) is 13.9. The van der Waals surface area contributed by atoms with Gasteiger partial charge in [-0.15, -0.1) is 0 Å². The average Bonchev–Trinajstić information content (AvgIpc) is 2.95. The van der Waals surface area contributed by atoms with Gasteiger partial charge in [0.05, 0.1) is 0 Å². The number of halogens is 4. The van der Waals surface area contributed by atoms with Crippen LogP contribution in [0.2, 0.25) is 0 Å². The molecule has 0 saturated carbocycles. The number of nitriles is 1. The van der Waals surface area contributed by atoms with Gasteiger partial charge < -0.3 is 0 Å². The van der Waals surface area contributed by atoms with Crippen LogP contribution >= 0.6 is 0 Å². The number of aryl methyl sites for hydroxylation is 1. The Balaban J connectivity index is 2.26. The number of nitrogens with one attached hydrogen (secondary N) is 3. The van der Waals surface area contributed by atoms with Gasteiger partial charge in [0, 0.05) is 0 Å². The van der Waals surface area contributed by atoms with Crippen molar-refractivity contribution in [2.24, 2.45) is 0 Å². The molecule has 0 unspecified atom stereocenters. The molecule has 0 aliphatic carbocycles. The molecule has 0 spiro atoms. The zero-order chi connectivity index (χ0) is 22.8. The Hall–Kier alpha value is -3.42. The third kappa shape index (κ3) is 4.76. The fourth-order valence-corrected chi connectivity index (χ4v) is 2.71. The van der Waals surface area contributed by atoms with Crippen molar-refractivity contribution in [2.75, 3.05) is 5.32 Å². The molecule has 0 aliphatic rings. The summed E-state index contributed by atoms with van der Waals surface area (Å²) in [5, 5.41) is 13.1. The molecule has 11 heteroatoms. The summed E-state index contributed by atoms with van der Waals surface area (Å²) < 4.78 is 51.4. The molecule has 0 aliphatic heterocycles. The predicted molar refractivity (Wildman–Crippen MR) is 103 cm³/mol. The van der Waals surface area contributed by atoms with Crippen molar-refractivity contribution in [2.45, 2.75) is 33.0 Å². The first-order valence-electron chi connectivity index (χ1n) is 8.57. The first kappa shape index (κ1) is 22.9. The second-order valence-corrected chi connectivity index (χ2v) is 6.54. The van der Waals surface area contributed by atoms with E-state index in [1.165, 1.54) is 19.9 Å². The number of alkyl halides is 3. The van der Waals surface area contributed by atoms with Crippen molar-refractivity contribution in [1.29, 1.82) is 5.26 Å². The molecule has 1 atom stereocenters. The van der Waals surface area contributed by atoms with Crippen LogP contribution in [-0.4, -0.2) is 42.0 Å². The quantitative estimate of drug-likeness (QED) is 0.514. The summed E-state index contributed by atoms with van der Waals surface area (Å²) >= 11 is 0. The number of rotatable bonds is 5. The van der Waals surface area contributed by atoms with Gasteiger partial charge in [-0.2, -0.15) is 0 Å². The molecular weight excluding hydrogens is 403 g/mol. The Labute approximate surface area is 170 Å². The van der Waals surface area contributed by atoms with Crippen LogP contribution in [0, 0.1) is 31.0 Å².